The summed E-state index contributed by atoms with van der Waals surface area (Å²) in [6.45, 7) is 0. The van der Waals surface area contributed by atoms with Crippen LogP contribution in [-0.2, 0) is 4.79 Å². The third-order valence-electron chi connectivity index (χ3n) is 2.99. The minimum absolute atomic E-state index is 0.162. The Morgan fingerprint density at radius 1 is 1.14 bits per heavy atom. The Hall–Kier alpha value is -2.46. The fourth-order valence-corrected chi connectivity index (χ4v) is 2.17. The maximum Gasteiger partial charge on any atom is 0.275 e. The molecule has 0 atom stereocenters. The van der Waals surface area contributed by atoms with Gasteiger partial charge in [-0.2, -0.15) is 0 Å². The molecule has 0 spiro atoms. The molecule has 1 amide bonds. The van der Waals surface area contributed by atoms with Crippen molar-refractivity contribution < 1.29 is 9.18 Å². The van der Waals surface area contributed by atoms with Crippen LogP contribution in [0.3, 0.4) is 0 Å². The summed E-state index contributed by atoms with van der Waals surface area (Å²) in [5.41, 5.74) is 1.18. The number of halogens is 2. The molecule has 0 radical (unpaired) electrons. The normalized spacial score (nSPS) is 16.0. The summed E-state index contributed by atoms with van der Waals surface area (Å²) in [5, 5.41) is 3.20. The molecule has 1 heterocycles. The number of hydrogen-bond donors (Lipinski definition) is 1. The molecule has 0 fully saturated rings. The molecule has 0 saturated carbocycles. The summed E-state index contributed by atoms with van der Waals surface area (Å²) in [6.07, 6.45) is 1.42. The van der Waals surface area contributed by atoms with Gasteiger partial charge in [0.1, 0.15) is 17.3 Å². The molecule has 3 nitrogen and oxygen atoms in total. The van der Waals surface area contributed by atoms with E-state index < -0.39 is 5.82 Å². The molecular weight excluding hydrogens is 291 g/mol. The van der Waals surface area contributed by atoms with E-state index in [2.05, 4.69) is 10.3 Å². The zero-order valence-corrected chi connectivity index (χ0v) is 11.6. The number of rotatable bonds is 2. The smallest absolute Gasteiger partial charge is 0.275 e. The molecule has 2 aromatic carbocycles. The highest BCUT2D eigenvalue weighted by Gasteiger charge is 2.21. The topological polar surface area (TPSA) is 41.5 Å². The van der Waals surface area contributed by atoms with Crippen LogP contribution in [0.1, 0.15) is 11.1 Å². The van der Waals surface area contributed by atoms with E-state index in [0.29, 0.717) is 22.0 Å². The first-order valence-corrected chi connectivity index (χ1v) is 6.63. The van der Waals surface area contributed by atoms with Crippen LogP contribution < -0.4 is 5.32 Å². The molecule has 5 heteroatoms. The average Bonchev–Trinajstić information content (AvgIpc) is 2.83. The SMILES string of the molecule is O=C1NC(c2cccc(Cl)c2)=N/C1=C\c1ccccc1F. The number of amides is 1. The van der Waals surface area contributed by atoms with E-state index in [4.69, 9.17) is 11.6 Å². The third kappa shape index (κ3) is 2.85. The maximum absolute atomic E-state index is 13.6. The molecule has 0 saturated heterocycles. The average molecular weight is 301 g/mol. The van der Waals surface area contributed by atoms with Crippen LogP contribution in [0.15, 0.2) is 59.2 Å². The molecule has 3 rings (SSSR count). The van der Waals surface area contributed by atoms with E-state index in [1.165, 1.54) is 12.1 Å². The van der Waals surface area contributed by atoms with Gasteiger partial charge in [0.15, 0.2) is 0 Å². The number of nitrogens with zero attached hydrogens (tertiary/aromatic N) is 1. The predicted octanol–water partition coefficient (Wildman–Crippen LogP) is 3.40. The summed E-state index contributed by atoms with van der Waals surface area (Å²) in [5.74, 6) is -0.359. The minimum Gasteiger partial charge on any atom is -0.305 e. The lowest BCUT2D eigenvalue weighted by Crippen LogP contribution is -2.24. The van der Waals surface area contributed by atoms with Crippen LogP contribution in [0.5, 0.6) is 0 Å². The van der Waals surface area contributed by atoms with Crippen molar-refractivity contribution in [3.8, 4) is 0 Å². The van der Waals surface area contributed by atoms with Gasteiger partial charge in [-0.25, -0.2) is 9.38 Å². The van der Waals surface area contributed by atoms with Gasteiger partial charge in [0.25, 0.3) is 5.91 Å². The Balaban J connectivity index is 1.98. The van der Waals surface area contributed by atoms with Gasteiger partial charge in [0, 0.05) is 16.1 Å². The number of carbonyl (C=O) groups is 1. The van der Waals surface area contributed by atoms with E-state index in [1.807, 2.05) is 0 Å². The zero-order valence-electron chi connectivity index (χ0n) is 10.8. The standard InChI is InChI=1S/C16H10ClFN2O/c17-12-6-3-5-11(8-12)15-19-14(16(21)20-15)9-10-4-1-2-7-13(10)18/h1-9H,(H,19,20,21)/b14-9-. The lowest BCUT2D eigenvalue weighted by molar-refractivity contribution is -0.115. The Labute approximate surface area is 125 Å². The molecule has 0 bridgehead atoms. The lowest BCUT2D eigenvalue weighted by Gasteiger charge is -2.00. The van der Waals surface area contributed by atoms with Crippen LogP contribution in [0.25, 0.3) is 6.08 Å². The van der Waals surface area contributed by atoms with Crippen LogP contribution in [0.4, 0.5) is 4.39 Å². The highest BCUT2D eigenvalue weighted by Crippen LogP contribution is 2.18. The first-order valence-electron chi connectivity index (χ1n) is 6.26. The Morgan fingerprint density at radius 2 is 1.95 bits per heavy atom. The summed E-state index contributed by atoms with van der Waals surface area (Å²) in [7, 11) is 0. The van der Waals surface area contributed by atoms with Gasteiger partial charge in [-0.05, 0) is 24.3 Å². The molecule has 0 aromatic heterocycles. The molecule has 0 unspecified atom stereocenters. The van der Waals surface area contributed by atoms with Crippen molar-refractivity contribution in [3.63, 3.8) is 0 Å². The van der Waals surface area contributed by atoms with Crippen molar-refractivity contribution in [2.24, 2.45) is 4.99 Å². The first kappa shape index (κ1) is 13.5. The highest BCUT2D eigenvalue weighted by atomic mass is 35.5. The molecular formula is C16H10ClFN2O. The number of benzene rings is 2. The van der Waals surface area contributed by atoms with Crippen molar-refractivity contribution in [1.82, 2.24) is 5.32 Å². The number of carbonyl (C=O) groups excluding carboxylic acids is 1. The molecule has 0 aliphatic carbocycles. The van der Waals surface area contributed by atoms with Crippen molar-refractivity contribution in [2.45, 2.75) is 0 Å². The van der Waals surface area contributed by atoms with E-state index in [-0.39, 0.29) is 11.6 Å². The predicted molar refractivity (Wildman–Crippen MR) is 80.5 cm³/mol. The van der Waals surface area contributed by atoms with Gasteiger partial charge < -0.3 is 5.32 Å². The molecule has 1 aliphatic heterocycles. The maximum atomic E-state index is 13.6. The lowest BCUT2D eigenvalue weighted by atomic mass is 10.2. The second-order valence-corrected chi connectivity index (χ2v) is 4.91. The van der Waals surface area contributed by atoms with E-state index in [1.54, 1.807) is 42.5 Å². The van der Waals surface area contributed by atoms with Crippen LogP contribution in [-0.4, -0.2) is 11.7 Å². The van der Waals surface area contributed by atoms with E-state index in [9.17, 15) is 9.18 Å². The van der Waals surface area contributed by atoms with Crippen molar-refractivity contribution in [1.29, 1.82) is 0 Å². The van der Waals surface area contributed by atoms with Crippen molar-refractivity contribution >= 4 is 29.4 Å². The Kier molecular flexibility index (Phi) is 3.54. The first-order chi connectivity index (χ1) is 10.1. The van der Waals surface area contributed by atoms with Gasteiger partial charge in [-0.1, -0.05) is 41.9 Å². The molecule has 1 N–H and O–H groups in total. The van der Waals surface area contributed by atoms with Gasteiger partial charge in [-0.3, -0.25) is 4.79 Å². The molecule has 1 aliphatic rings. The van der Waals surface area contributed by atoms with E-state index >= 15 is 0 Å². The van der Waals surface area contributed by atoms with Crippen LogP contribution in [0.2, 0.25) is 5.02 Å². The zero-order chi connectivity index (χ0) is 14.8. The number of aliphatic imine (C=N–C) groups is 1. The summed E-state index contributed by atoms with van der Waals surface area (Å²) >= 11 is 5.91. The monoisotopic (exact) mass is 300 g/mol. The Morgan fingerprint density at radius 3 is 2.71 bits per heavy atom. The van der Waals surface area contributed by atoms with Crippen molar-refractivity contribution in [2.75, 3.05) is 0 Å². The second kappa shape index (κ2) is 5.50. The fraction of sp³-hybridized carbons (Fsp3) is 0. The van der Waals surface area contributed by atoms with Gasteiger partial charge in [0.05, 0.1) is 0 Å². The molecule has 21 heavy (non-hydrogen) atoms. The largest absolute Gasteiger partial charge is 0.305 e. The Bertz CT molecular complexity index is 783. The number of nitrogens with one attached hydrogen (secondary N) is 1. The van der Waals surface area contributed by atoms with E-state index in [0.717, 1.165) is 0 Å². The number of amidine groups is 1. The second-order valence-electron chi connectivity index (χ2n) is 4.48. The van der Waals surface area contributed by atoms with Crippen LogP contribution in [0, 0.1) is 5.82 Å². The van der Waals surface area contributed by atoms with Crippen LogP contribution >= 0.6 is 11.6 Å². The fourth-order valence-electron chi connectivity index (χ4n) is 1.98. The molecule has 104 valence electrons. The third-order valence-corrected chi connectivity index (χ3v) is 3.23. The molecule has 2 aromatic rings. The summed E-state index contributed by atoms with van der Waals surface area (Å²) < 4.78 is 13.6. The van der Waals surface area contributed by atoms with Gasteiger partial charge in [-0.15, -0.1) is 0 Å². The van der Waals surface area contributed by atoms with Gasteiger partial charge >= 0.3 is 0 Å². The van der Waals surface area contributed by atoms with Crippen molar-refractivity contribution in [3.05, 3.63) is 76.2 Å². The minimum atomic E-state index is -0.399. The quantitative estimate of drug-likeness (QED) is 0.849. The summed E-state index contributed by atoms with van der Waals surface area (Å²) in [4.78, 5) is 16.1. The summed E-state index contributed by atoms with van der Waals surface area (Å²) in [6, 6.07) is 13.2. The highest BCUT2D eigenvalue weighted by molar-refractivity contribution is 6.31. The number of hydrogen-bond acceptors (Lipinski definition) is 2. The van der Waals surface area contributed by atoms with Gasteiger partial charge in [0.2, 0.25) is 0 Å².